The Labute approximate surface area is 74.1 Å². The van der Waals surface area contributed by atoms with E-state index in [-0.39, 0.29) is 0 Å². The molecule has 11 heavy (non-hydrogen) atoms. The van der Waals surface area contributed by atoms with Crippen molar-refractivity contribution in [1.82, 2.24) is 0 Å². The Morgan fingerprint density at radius 1 is 1.00 bits per heavy atom. The zero-order valence-corrected chi connectivity index (χ0v) is 8.53. The number of fused-ring (bicyclic) bond motifs is 1. The summed E-state index contributed by atoms with van der Waals surface area (Å²) in [6, 6.07) is 0. The Morgan fingerprint density at radius 2 is 1.73 bits per heavy atom. The molecule has 1 aliphatic carbocycles. The van der Waals surface area contributed by atoms with Crippen molar-refractivity contribution in [2.75, 3.05) is 5.75 Å². The molecule has 1 aliphatic heterocycles. The van der Waals surface area contributed by atoms with Gasteiger partial charge in [0.15, 0.2) is 0 Å². The average Bonchev–Trinajstić information content (AvgIpc) is 2.53. The van der Waals surface area contributed by atoms with Crippen LogP contribution in [0.1, 0.15) is 27.2 Å². The van der Waals surface area contributed by atoms with E-state index in [2.05, 4.69) is 32.5 Å². The van der Waals surface area contributed by atoms with E-state index in [9.17, 15) is 0 Å². The first-order valence-corrected chi connectivity index (χ1v) is 5.88. The predicted molar refractivity (Wildman–Crippen MR) is 51.8 cm³/mol. The molecule has 0 bridgehead atoms. The first-order chi connectivity index (χ1) is 5.22. The minimum Gasteiger partial charge on any atom is -0.158 e. The third-order valence-electron chi connectivity index (χ3n) is 4.04. The lowest BCUT2D eigenvalue weighted by molar-refractivity contribution is 0.337. The lowest BCUT2D eigenvalue weighted by atomic mass is 9.90. The highest BCUT2D eigenvalue weighted by Gasteiger charge is 2.46. The van der Waals surface area contributed by atoms with E-state index in [4.69, 9.17) is 0 Å². The molecule has 2 rings (SSSR count). The van der Waals surface area contributed by atoms with Gasteiger partial charge in [-0.1, -0.05) is 20.8 Å². The molecule has 1 heteroatoms. The van der Waals surface area contributed by atoms with Gasteiger partial charge in [0, 0.05) is 5.25 Å². The smallest absolute Gasteiger partial charge is 0.0106 e. The van der Waals surface area contributed by atoms with E-state index in [1.165, 1.54) is 12.2 Å². The summed E-state index contributed by atoms with van der Waals surface area (Å²) in [7, 11) is 0. The van der Waals surface area contributed by atoms with Crippen molar-refractivity contribution in [3.63, 3.8) is 0 Å². The Bertz CT molecular complexity index is 139. The van der Waals surface area contributed by atoms with Crippen molar-refractivity contribution in [1.29, 1.82) is 0 Å². The van der Waals surface area contributed by atoms with Gasteiger partial charge in [-0.3, -0.25) is 0 Å². The van der Waals surface area contributed by atoms with Crippen molar-refractivity contribution >= 4 is 11.8 Å². The maximum atomic E-state index is 2.46. The van der Waals surface area contributed by atoms with Crippen LogP contribution in [0, 0.1) is 23.7 Å². The number of hydrogen-bond acceptors (Lipinski definition) is 1. The van der Waals surface area contributed by atoms with Crippen LogP contribution in [-0.2, 0) is 0 Å². The van der Waals surface area contributed by atoms with E-state index in [1.807, 2.05) is 0 Å². The zero-order chi connectivity index (χ0) is 8.01. The van der Waals surface area contributed by atoms with Crippen LogP contribution in [0.15, 0.2) is 0 Å². The quantitative estimate of drug-likeness (QED) is 0.538. The summed E-state index contributed by atoms with van der Waals surface area (Å²) in [5, 5.41) is 1.01. The van der Waals surface area contributed by atoms with Gasteiger partial charge in [0.25, 0.3) is 0 Å². The van der Waals surface area contributed by atoms with Crippen molar-refractivity contribution in [3.8, 4) is 0 Å². The average molecular weight is 170 g/mol. The summed E-state index contributed by atoms with van der Waals surface area (Å²) in [6.07, 6.45) is 1.49. The van der Waals surface area contributed by atoms with Gasteiger partial charge >= 0.3 is 0 Å². The largest absolute Gasteiger partial charge is 0.158 e. The standard InChI is InChI=1S/C10H18S/c1-6-7(2)9-4-5-11-10(9)8(6)3/h6-10H,4-5H2,1-3H3. The molecule has 0 radical (unpaired) electrons. The van der Waals surface area contributed by atoms with Gasteiger partial charge in [-0.15, -0.1) is 0 Å². The van der Waals surface area contributed by atoms with E-state index in [1.54, 1.807) is 0 Å². The summed E-state index contributed by atoms with van der Waals surface area (Å²) in [6.45, 7) is 7.34. The third kappa shape index (κ3) is 1.04. The second-order valence-corrected chi connectivity index (χ2v) is 5.65. The van der Waals surface area contributed by atoms with Crippen LogP contribution in [0.3, 0.4) is 0 Å². The molecule has 5 atom stereocenters. The van der Waals surface area contributed by atoms with Crippen LogP contribution in [0.5, 0.6) is 0 Å². The molecule has 2 aliphatic rings. The molecule has 5 unspecified atom stereocenters. The van der Waals surface area contributed by atoms with Crippen LogP contribution in [0.4, 0.5) is 0 Å². The van der Waals surface area contributed by atoms with Crippen LogP contribution >= 0.6 is 11.8 Å². The molecule has 1 saturated carbocycles. The molecule has 64 valence electrons. The van der Waals surface area contributed by atoms with Gasteiger partial charge in [0.05, 0.1) is 0 Å². The molecule has 0 aromatic carbocycles. The lowest BCUT2D eigenvalue weighted by Crippen LogP contribution is -2.11. The van der Waals surface area contributed by atoms with Crippen LogP contribution in [0.25, 0.3) is 0 Å². The highest BCUT2D eigenvalue weighted by Crippen LogP contribution is 2.52. The predicted octanol–water partition coefficient (Wildman–Crippen LogP) is 3.03. The molecule has 1 heterocycles. The van der Waals surface area contributed by atoms with Crippen molar-refractivity contribution in [2.45, 2.75) is 32.4 Å². The van der Waals surface area contributed by atoms with E-state index >= 15 is 0 Å². The van der Waals surface area contributed by atoms with E-state index in [0.717, 1.165) is 28.9 Å². The Kier molecular flexibility index (Phi) is 1.95. The summed E-state index contributed by atoms with van der Waals surface area (Å²) >= 11 is 2.23. The Morgan fingerprint density at radius 3 is 2.36 bits per heavy atom. The summed E-state index contributed by atoms with van der Waals surface area (Å²) in [4.78, 5) is 0. The lowest BCUT2D eigenvalue weighted by Gasteiger charge is -2.16. The number of thioether (sulfide) groups is 1. The van der Waals surface area contributed by atoms with Crippen LogP contribution in [0.2, 0.25) is 0 Å². The fraction of sp³-hybridized carbons (Fsp3) is 1.00. The molecule has 2 fully saturated rings. The van der Waals surface area contributed by atoms with Crippen LogP contribution < -0.4 is 0 Å². The highest BCUT2D eigenvalue weighted by molar-refractivity contribution is 8.00. The van der Waals surface area contributed by atoms with Crippen molar-refractivity contribution in [3.05, 3.63) is 0 Å². The zero-order valence-electron chi connectivity index (χ0n) is 7.71. The molecular formula is C10H18S. The van der Waals surface area contributed by atoms with Gasteiger partial charge in [-0.05, 0) is 35.8 Å². The molecule has 0 aromatic rings. The fourth-order valence-corrected chi connectivity index (χ4v) is 4.76. The minimum atomic E-state index is 0.970. The van der Waals surface area contributed by atoms with Crippen molar-refractivity contribution in [2.24, 2.45) is 23.7 Å². The third-order valence-corrected chi connectivity index (χ3v) is 5.67. The number of rotatable bonds is 0. The van der Waals surface area contributed by atoms with Crippen molar-refractivity contribution < 1.29 is 0 Å². The van der Waals surface area contributed by atoms with Gasteiger partial charge in [-0.2, -0.15) is 11.8 Å². The van der Waals surface area contributed by atoms with Crippen LogP contribution in [-0.4, -0.2) is 11.0 Å². The molecule has 0 spiro atoms. The molecule has 0 N–H and O–H groups in total. The maximum Gasteiger partial charge on any atom is 0.0106 e. The maximum absolute atomic E-state index is 2.46. The summed E-state index contributed by atoms with van der Waals surface area (Å²) in [5.74, 6) is 5.42. The summed E-state index contributed by atoms with van der Waals surface area (Å²) in [5.41, 5.74) is 0. The molecular weight excluding hydrogens is 152 g/mol. The second kappa shape index (κ2) is 2.69. The second-order valence-electron chi connectivity index (χ2n) is 4.37. The number of hydrogen-bond donors (Lipinski definition) is 0. The minimum absolute atomic E-state index is 0.970. The first-order valence-electron chi connectivity index (χ1n) is 4.83. The van der Waals surface area contributed by atoms with E-state index in [0.29, 0.717) is 0 Å². The molecule has 0 nitrogen and oxygen atoms in total. The normalized spacial score (nSPS) is 56.5. The SMILES string of the molecule is CC1C(C)C2CCSC2C1C. The van der Waals surface area contributed by atoms with E-state index < -0.39 is 0 Å². The highest BCUT2D eigenvalue weighted by atomic mass is 32.2. The van der Waals surface area contributed by atoms with Gasteiger partial charge < -0.3 is 0 Å². The molecule has 0 aromatic heterocycles. The Hall–Kier alpha value is 0.350. The molecule has 1 saturated heterocycles. The molecule has 0 amide bonds. The monoisotopic (exact) mass is 170 g/mol. The van der Waals surface area contributed by atoms with Gasteiger partial charge in [-0.25, -0.2) is 0 Å². The fourth-order valence-electron chi connectivity index (χ4n) is 2.90. The first kappa shape index (κ1) is 7.97. The summed E-state index contributed by atoms with van der Waals surface area (Å²) < 4.78 is 0. The Balaban J connectivity index is 2.17. The van der Waals surface area contributed by atoms with Gasteiger partial charge in [0.2, 0.25) is 0 Å². The topological polar surface area (TPSA) is 0 Å². The van der Waals surface area contributed by atoms with Gasteiger partial charge in [0.1, 0.15) is 0 Å².